The molecule has 4 heteroatoms. The number of hydrogen-bond acceptors (Lipinski definition) is 2. The van der Waals surface area contributed by atoms with Gasteiger partial charge in [-0.3, -0.25) is 0 Å². The number of rotatable bonds is 3. The van der Waals surface area contributed by atoms with Crippen molar-refractivity contribution in [1.82, 2.24) is 9.55 Å². The van der Waals surface area contributed by atoms with Crippen LogP contribution >= 0.6 is 11.6 Å². The zero-order valence-corrected chi connectivity index (χ0v) is 13.0. The second-order valence-corrected chi connectivity index (χ2v) is 6.05. The Hall–Kier alpha value is -1.84. The van der Waals surface area contributed by atoms with Crippen LogP contribution in [0.4, 0.5) is 0 Å². The van der Waals surface area contributed by atoms with Crippen molar-refractivity contribution < 1.29 is 4.74 Å². The van der Waals surface area contributed by atoms with Crippen molar-refractivity contribution in [3.8, 4) is 0 Å². The van der Waals surface area contributed by atoms with Crippen LogP contribution in [-0.4, -0.2) is 16.2 Å². The van der Waals surface area contributed by atoms with Crippen LogP contribution in [-0.2, 0) is 11.3 Å². The molecule has 2 aromatic carbocycles. The fraction of sp³-hybridized carbons (Fsp3) is 0.278. The molecular weight excluding hydrogens is 296 g/mol. The Kier molecular flexibility index (Phi) is 3.60. The minimum absolute atomic E-state index is 0.0925. The quantitative estimate of drug-likeness (QED) is 0.707. The number of nitrogens with zero attached hydrogens (tertiary/aromatic N) is 2. The first-order valence-electron chi connectivity index (χ1n) is 7.63. The Labute approximate surface area is 134 Å². The molecule has 1 unspecified atom stereocenters. The van der Waals surface area contributed by atoms with Gasteiger partial charge in [0.25, 0.3) is 0 Å². The maximum absolute atomic E-state index is 6.34. The molecule has 1 aliphatic heterocycles. The van der Waals surface area contributed by atoms with Crippen LogP contribution in [0.2, 0.25) is 5.02 Å². The molecule has 112 valence electrons. The van der Waals surface area contributed by atoms with Crippen LogP contribution in [0.5, 0.6) is 0 Å². The summed E-state index contributed by atoms with van der Waals surface area (Å²) in [6, 6.07) is 16.2. The molecule has 0 bridgehead atoms. The largest absolute Gasteiger partial charge is 0.370 e. The first kappa shape index (κ1) is 13.8. The summed E-state index contributed by atoms with van der Waals surface area (Å²) >= 11 is 6.34. The standard InChI is InChI=1S/C18H17ClN2O/c19-14-7-2-1-6-13(14)12-21-16-9-4-3-8-15(16)20-18(21)17-10-5-11-22-17/h1-4,6-9,17H,5,10-12H2. The van der Waals surface area contributed by atoms with E-state index >= 15 is 0 Å². The van der Waals surface area contributed by atoms with E-state index in [1.54, 1.807) is 0 Å². The van der Waals surface area contributed by atoms with Crippen molar-refractivity contribution in [3.05, 3.63) is 64.9 Å². The van der Waals surface area contributed by atoms with Gasteiger partial charge < -0.3 is 9.30 Å². The van der Waals surface area contributed by atoms with Crippen molar-refractivity contribution >= 4 is 22.6 Å². The van der Waals surface area contributed by atoms with Crippen LogP contribution < -0.4 is 0 Å². The van der Waals surface area contributed by atoms with Gasteiger partial charge in [-0.2, -0.15) is 0 Å². The molecule has 0 aliphatic carbocycles. The zero-order chi connectivity index (χ0) is 14.9. The number of fused-ring (bicyclic) bond motifs is 1. The number of aromatic nitrogens is 2. The average Bonchev–Trinajstić information content (AvgIpc) is 3.17. The summed E-state index contributed by atoms with van der Waals surface area (Å²) < 4.78 is 8.10. The van der Waals surface area contributed by atoms with Crippen molar-refractivity contribution in [2.45, 2.75) is 25.5 Å². The molecule has 2 heterocycles. The molecule has 0 spiro atoms. The van der Waals surface area contributed by atoms with E-state index < -0.39 is 0 Å². The van der Waals surface area contributed by atoms with Gasteiger partial charge in [0.2, 0.25) is 0 Å². The van der Waals surface area contributed by atoms with E-state index in [1.807, 2.05) is 30.3 Å². The second-order valence-electron chi connectivity index (χ2n) is 5.64. The molecule has 4 rings (SSSR count). The van der Waals surface area contributed by atoms with Crippen LogP contribution in [0.3, 0.4) is 0 Å². The summed E-state index contributed by atoms with van der Waals surface area (Å²) in [7, 11) is 0. The minimum atomic E-state index is 0.0925. The number of benzene rings is 2. The Morgan fingerprint density at radius 3 is 2.77 bits per heavy atom. The van der Waals surface area contributed by atoms with Crippen LogP contribution in [0.1, 0.15) is 30.3 Å². The normalized spacial score (nSPS) is 18.1. The summed E-state index contributed by atoms with van der Waals surface area (Å²) in [4.78, 5) is 4.82. The van der Waals surface area contributed by atoms with Gasteiger partial charge in [0, 0.05) is 11.6 Å². The van der Waals surface area contributed by atoms with Gasteiger partial charge in [-0.25, -0.2) is 4.98 Å². The van der Waals surface area contributed by atoms with Crippen LogP contribution in [0.15, 0.2) is 48.5 Å². The van der Waals surface area contributed by atoms with E-state index in [-0.39, 0.29) is 6.10 Å². The number of ether oxygens (including phenoxy) is 1. The van der Waals surface area contributed by atoms with Gasteiger partial charge in [-0.05, 0) is 36.6 Å². The lowest BCUT2D eigenvalue weighted by atomic mass is 10.2. The smallest absolute Gasteiger partial charge is 0.139 e. The molecule has 1 aliphatic rings. The molecule has 22 heavy (non-hydrogen) atoms. The van der Waals surface area contributed by atoms with Gasteiger partial charge in [-0.1, -0.05) is 41.9 Å². The molecule has 1 atom stereocenters. The third kappa shape index (κ3) is 2.40. The van der Waals surface area contributed by atoms with Crippen molar-refractivity contribution in [3.63, 3.8) is 0 Å². The third-order valence-corrected chi connectivity index (χ3v) is 4.56. The Balaban J connectivity index is 1.83. The lowest BCUT2D eigenvalue weighted by molar-refractivity contribution is 0.103. The molecule has 1 aromatic heterocycles. The van der Waals surface area contributed by atoms with E-state index in [1.165, 1.54) is 0 Å². The van der Waals surface area contributed by atoms with Gasteiger partial charge in [0.05, 0.1) is 17.6 Å². The number of halogens is 1. The predicted molar refractivity (Wildman–Crippen MR) is 88.2 cm³/mol. The summed E-state index contributed by atoms with van der Waals surface area (Å²) in [5, 5.41) is 0.790. The van der Waals surface area contributed by atoms with Crippen LogP contribution in [0.25, 0.3) is 11.0 Å². The monoisotopic (exact) mass is 312 g/mol. The fourth-order valence-corrected chi connectivity index (χ4v) is 3.28. The molecular formula is C18H17ClN2O. The topological polar surface area (TPSA) is 27.1 Å². The molecule has 0 N–H and O–H groups in total. The number of para-hydroxylation sites is 2. The SMILES string of the molecule is Clc1ccccc1Cn1c(C2CCCO2)nc2ccccc21. The number of imidazole rings is 1. The lowest BCUT2D eigenvalue weighted by Gasteiger charge is -2.14. The summed E-state index contributed by atoms with van der Waals surface area (Å²) in [6.07, 6.45) is 2.22. The lowest BCUT2D eigenvalue weighted by Crippen LogP contribution is -2.09. The minimum Gasteiger partial charge on any atom is -0.370 e. The van der Waals surface area contributed by atoms with Crippen LogP contribution in [0, 0.1) is 0 Å². The molecule has 0 amide bonds. The van der Waals surface area contributed by atoms with Crippen molar-refractivity contribution in [2.75, 3.05) is 6.61 Å². The van der Waals surface area contributed by atoms with Gasteiger partial charge in [0.15, 0.2) is 0 Å². The predicted octanol–water partition coefficient (Wildman–Crippen LogP) is 4.59. The Morgan fingerprint density at radius 1 is 1.14 bits per heavy atom. The first-order valence-corrected chi connectivity index (χ1v) is 8.01. The van der Waals surface area contributed by atoms with Gasteiger partial charge in [-0.15, -0.1) is 0 Å². The highest BCUT2D eigenvalue weighted by Crippen LogP contribution is 2.31. The number of hydrogen-bond donors (Lipinski definition) is 0. The summed E-state index contributed by atoms with van der Waals surface area (Å²) in [5.74, 6) is 1.01. The van der Waals surface area contributed by atoms with E-state index in [0.29, 0.717) is 0 Å². The zero-order valence-electron chi connectivity index (χ0n) is 12.2. The molecule has 3 nitrogen and oxygen atoms in total. The molecule has 1 saturated heterocycles. The van der Waals surface area contributed by atoms with E-state index in [4.69, 9.17) is 21.3 Å². The first-order chi connectivity index (χ1) is 10.8. The van der Waals surface area contributed by atoms with E-state index in [0.717, 1.165) is 53.4 Å². The molecule has 0 saturated carbocycles. The van der Waals surface area contributed by atoms with Gasteiger partial charge in [0.1, 0.15) is 11.9 Å². The van der Waals surface area contributed by atoms with Crippen molar-refractivity contribution in [1.29, 1.82) is 0 Å². The van der Waals surface area contributed by atoms with E-state index in [9.17, 15) is 0 Å². The van der Waals surface area contributed by atoms with Crippen molar-refractivity contribution in [2.24, 2.45) is 0 Å². The molecule has 3 aromatic rings. The highest BCUT2D eigenvalue weighted by atomic mass is 35.5. The highest BCUT2D eigenvalue weighted by Gasteiger charge is 2.24. The Bertz CT molecular complexity index is 806. The summed E-state index contributed by atoms with van der Waals surface area (Å²) in [6.45, 7) is 1.54. The highest BCUT2D eigenvalue weighted by molar-refractivity contribution is 6.31. The van der Waals surface area contributed by atoms with E-state index in [2.05, 4.69) is 22.8 Å². The Morgan fingerprint density at radius 2 is 1.95 bits per heavy atom. The summed E-state index contributed by atoms with van der Waals surface area (Å²) in [5.41, 5.74) is 3.25. The molecule has 1 fully saturated rings. The second kappa shape index (κ2) is 5.75. The van der Waals surface area contributed by atoms with Gasteiger partial charge >= 0.3 is 0 Å². The average molecular weight is 313 g/mol. The third-order valence-electron chi connectivity index (χ3n) is 4.19. The fourth-order valence-electron chi connectivity index (χ4n) is 3.08. The molecule has 0 radical (unpaired) electrons. The maximum atomic E-state index is 6.34. The maximum Gasteiger partial charge on any atom is 0.139 e.